The molecule has 1 aromatic carbocycles. The Balaban J connectivity index is 0.00000289. The van der Waals surface area contributed by atoms with E-state index in [1.165, 1.54) is 5.56 Å². The highest BCUT2D eigenvalue weighted by Crippen LogP contribution is 2.10. The molecule has 0 saturated heterocycles. The zero-order valence-corrected chi connectivity index (χ0v) is 14.2. The van der Waals surface area contributed by atoms with Crippen molar-refractivity contribution in [1.29, 1.82) is 0 Å². The van der Waals surface area contributed by atoms with Crippen LogP contribution < -0.4 is 5.32 Å². The second kappa shape index (κ2) is 9.44. The molecule has 1 N–H and O–H groups in total. The fourth-order valence-corrected chi connectivity index (χ4v) is 1.68. The highest BCUT2D eigenvalue weighted by molar-refractivity contribution is 14.0. The lowest BCUT2D eigenvalue weighted by atomic mass is 10.2. The Labute approximate surface area is 132 Å². The van der Waals surface area contributed by atoms with Crippen molar-refractivity contribution >= 4 is 41.5 Å². The number of nitrogens with zero attached hydrogens (tertiary/aromatic N) is 2. The lowest BCUT2D eigenvalue weighted by molar-refractivity contribution is 0.477. The van der Waals surface area contributed by atoms with E-state index in [1.54, 1.807) is 0 Å². The Kier molecular flexibility index (Phi) is 9.18. The van der Waals surface area contributed by atoms with Crippen LogP contribution in [0.5, 0.6) is 0 Å². The Morgan fingerprint density at radius 2 is 1.89 bits per heavy atom. The summed E-state index contributed by atoms with van der Waals surface area (Å²) < 4.78 is 0. The van der Waals surface area contributed by atoms with E-state index in [0.717, 1.165) is 30.6 Å². The van der Waals surface area contributed by atoms with Gasteiger partial charge in [0.15, 0.2) is 5.96 Å². The first kappa shape index (κ1) is 17.5. The van der Waals surface area contributed by atoms with Gasteiger partial charge in [0.25, 0.3) is 0 Å². The standard InChI is InChI=1S/C13H20ClN3.HI/c1-4-15-13(16-5-2)17(3)10-11-6-8-12(14)9-7-11;/h6-9H,4-5,10H2,1-3H3,(H,15,16);1H. The average Bonchev–Trinajstić information content (AvgIpc) is 2.32. The van der Waals surface area contributed by atoms with Crippen molar-refractivity contribution in [1.82, 2.24) is 10.2 Å². The summed E-state index contributed by atoms with van der Waals surface area (Å²) in [7, 11) is 2.03. The number of nitrogens with one attached hydrogen (secondary N) is 1. The number of hydrogen-bond donors (Lipinski definition) is 1. The lowest BCUT2D eigenvalue weighted by Crippen LogP contribution is -2.38. The molecule has 18 heavy (non-hydrogen) atoms. The van der Waals surface area contributed by atoms with Gasteiger partial charge in [-0.3, -0.25) is 4.99 Å². The normalized spacial score (nSPS) is 10.8. The molecule has 0 bridgehead atoms. The molecule has 0 aliphatic carbocycles. The van der Waals surface area contributed by atoms with Gasteiger partial charge in [-0.25, -0.2) is 0 Å². The first-order valence-corrected chi connectivity index (χ1v) is 6.29. The fraction of sp³-hybridized carbons (Fsp3) is 0.462. The second-order valence-electron chi connectivity index (χ2n) is 3.81. The molecule has 0 aliphatic heterocycles. The third kappa shape index (κ3) is 5.91. The molecule has 0 atom stereocenters. The minimum atomic E-state index is 0. The predicted molar refractivity (Wildman–Crippen MR) is 90.0 cm³/mol. The summed E-state index contributed by atoms with van der Waals surface area (Å²) in [5.41, 5.74) is 1.22. The minimum Gasteiger partial charge on any atom is -0.357 e. The van der Waals surface area contributed by atoms with E-state index in [1.807, 2.05) is 38.2 Å². The van der Waals surface area contributed by atoms with Crippen LogP contribution in [0.15, 0.2) is 29.3 Å². The summed E-state index contributed by atoms with van der Waals surface area (Å²) in [5.74, 6) is 0.935. The van der Waals surface area contributed by atoms with Crippen molar-refractivity contribution in [2.24, 2.45) is 4.99 Å². The van der Waals surface area contributed by atoms with E-state index in [9.17, 15) is 0 Å². The number of rotatable bonds is 4. The van der Waals surface area contributed by atoms with Crippen molar-refractivity contribution < 1.29 is 0 Å². The maximum Gasteiger partial charge on any atom is 0.193 e. The Hall–Kier alpha value is -0.490. The molecule has 102 valence electrons. The maximum absolute atomic E-state index is 5.86. The molecule has 1 aromatic rings. The minimum absolute atomic E-state index is 0. The van der Waals surface area contributed by atoms with E-state index in [0.29, 0.717) is 0 Å². The number of aliphatic imine (C=N–C) groups is 1. The van der Waals surface area contributed by atoms with Crippen LogP contribution in [0.4, 0.5) is 0 Å². The highest BCUT2D eigenvalue weighted by atomic mass is 127. The monoisotopic (exact) mass is 381 g/mol. The molecule has 0 amide bonds. The molecular weight excluding hydrogens is 361 g/mol. The van der Waals surface area contributed by atoms with Crippen molar-refractivity contribution in [2.75, 3.05) is 20.1 Å². The summed E-state index contributed by atoms with van der Waals surface area (Å²) in [6, 6.07) is 7.89. The van der Waals surface area contributed by atoms with Crippen LogP contribution in [0, 0.1) is 0 Å². The highest BCUT2D eigenvalue weighted by Gasteiger charge is 2.05. The molecule has 0 unspecified atom stereocenters. The quantitative estimate of drug-likeness (QED) is 0.492. The third-order valence-corrected chi connectivity index (χ3v) is 2.59. The van der Waals surface area contributed by atoms with Gasteiger partial charge in [0.1, 0.15) is 0 Å². The van der Waals surface area contributed by atoms with Gasteiger partial charge >= 0.3 is 0 Å². The van der Waals surface area contributed by atoms with Crippen LogP contribution in [0.2, 0.25) is 5.02 Å². The van der Waals surface area contributed by atoms with E-state index >= 15 is 0 Å². The van der Waals surface area contributed by atoms with Crippen molar-refractivity contribution in [3.8, 4) is 0 Å². The first-order chi connectivity index (χ1) is 8.17. The van der Waals surface area contributed by atoms with Gasteiger partial charge in [-0.15, -0.1) is 24.0 Å². The van der Waals surface area contributed by atoms with Gasteiger partial charge < -0.3 is 10.2 Å². The molecule has 0 spiro atoms. The summed E-state index contributed by atoms with van der Waals surface area (Å²) in [6.07, 6.45) is 0. The number of benzene rings is 1. The van der Waals surface area contributed by atoms with Crippen LogP contribution in [0.25, 0.3) is 0 Å². The van der Waals surface area contributed by atoms with Gasteiger partial charge in [0.05, 0.1) is 0 Å². The van der Waals surface area contributed by atoms with Crippen LogP contribution in [0.1, 0.15) is 19.4 Å². The van der Waals surface area contributed by atoms with Crippen molar-refractivity contribution in [2.45, 2.75) is 20.4 Å². The summed E-state index contributed by atoms with van der Waals surface area (Å²) in [6.45, 7) is 6.59. The summed E-state index contributed by atoms with van der Waals surface area (Å²) >= 11 is 5.86. The van der Waals surface area contributed by atoms with E-state index < -0.39 is 0 Å². The topological polar surface area (TPSA) is 27.6 Å². The van der Waals surface area contributed by atoms with Crippen LogP contribution in [-0.2, 0) is 6.54 Å². The van der Waals surface area contributed by atoms with E-state index in [2.05, 4.69) is 22.1 Å². The van der Waals surface area contributed by atoms with Gasteiger partial charge in [-0.2, -0.15) is 0 Å². The van der Waals surface area contributed by atoms with Gasteiger partial charge in [-0.05, 0) is 31.5 Å². The van der Waals surface area contributed by atoms with Crippen molar-refractivity contribution in [3.05, 3.63) is 34.9 Å². The van der Waals surface area contributed by atoms with Crippen molar-refractivity contribution in [3.63, 3.8) is 0 Å². The largest absolute Gasteiger partial charge is 0.357 e. The first-order valence-electron chi connectivity index (χ1n) is 5.91. The smallest absolute Gasteiger partial charge is 0.193 e. The number of hydrogen-bond acceptors (Lipinski definition) is 1. The molecular formula is C13H21ClIN3. The molecule has 0 saturated carbocycles. The van der Waals surface area contributed by atoms with Gasteiger partial charge in [0, 0.05) is 31.7 Å². The molecule has 0 aliphatic rings. The zero-order valence-electron chi connectivity index (χ0n) is 11.1. The Bertz CT molecular complexity index is 365. The molecule has 0 aromatic heterocycles. The number of halogens is 2. The predicted octanol–water partition coefficient (Wildman–Crippen LogP) is 3.38. The van der Waals surface area contributed by atoms with Crippen LogP contribution in [-0.4, -0.2) is 31.0 Å². The Morgan fingerprint density at radius 3 is 2.39 bits per heavy atom. The number of guanidine groups is 1. The molecule has 5 heteroatoms. The second-order valence-corrected chi connectivity index (χ2v) is 4.25. The van der Waals surface area contributed by atoms with Gasteiger partial charge in [-0.1, -0.05) is 23.7 Å². The fourth-order valence-electron chi connectivity index (χ4n) is 1.56. The summed E-state index contributed by atoms with van der Waals surface area (Å²) in [4.78, 5) is 6.54. The maximum atomic E-state index is 5.86. The molecule has 1 rings (SSSR count). The SMILES string of the molecule is CCN=C(NCC)N(C)Cc1ccc(Cl)cc1.I. The van der Waals surface area contributed by atoms with E-state index in [-0.39, 0.29) is 24.0 Å². The lowest BCUT2D eigenvalue weighted by Gasteiger charge is -2.22. The van der Waals surface area contributed by atoms with E-state index in [4.69, 9.17) is 11.6 Å². The third-order valence-electron chi connectivity index (χ3n) is 2.34. The zero-order chi connectivity index (χ0) is 12.7. The summed E-state index contributed by atoms with van der Waals surface area (Å²) in [5, 5.41) is 4.03. The van der Waals surface area contributed by atoms with Gasteiger partial charge in [0.2, 0.25) is 0 Å². The van der Waals surface area contributed by atoms with Crippen LogP contribution >= 0.6 is 35.6 Å². The molecule has 0 heterocycles. The Morgan fingerprint density at radius 1 is 1.28 bits per heavy atom. The van der Waals surface area contributed by atoms with Crippen LogP contribution in [0.3, 0.4) is 0 Å². The molecule has 0 radical (unpaired) electrons. The molecule has 0 fully saturated rings. The molecule has 3 nitrogen and oxygen atoms in total. The average molecular weight is 382 g/mol.